The van der Waals surface area contributed by atoms with Crippen molar-refractivity contribution in [3.63, 3.8) is 0 Å². The first-order chi connectivity index (χ1) is 11.6. The normalized spacial score (nSPS) is 12.0. The third-order valence-corrected chi connectivity index (χ3v) is 4.21. The molecular formula is C20H38O4. The molecule has 0 amide bonds. The molecule has 0 N–H and O–H groups in total. The molecule has 24 heavy (non-hydrogen) atoms. The van der Waals surface area contributed by atoms with Gasteiger partial charge < -0.3 is 9.47 Å². The number of esters is 2. The van der Waals surface area contributed by atoms with Crippen molar-refractivity contribution in [2.24, 2.45) is 0 Å². The van der Waals surface area contributed by atoms with Crippen LogP contribution in [0.25, 0.3) is 0 Å². The third kappa shape index (κ3) is 15.8. The highest BCUT2D eigenvalue weighted by Crippen LogP contribution is 2.11. The third-order valence-electron chi connectivity index (χ3n) is 4.21. The number of carbonyl (C=O) groups excluding carboxylic acids is 2. The van der Waals surface area contributed by atoms with Crippen molar-refractivity contribution >= 4 is 11.9 Å². The first-order valence-corrected chi connectivity index (χ1v) is 9.95. The summed E-state index contributed by atoms with van der Waals surface area (Å²) in [5.41, 5.74) is 0. The summed E-state index contributed by atoms with van der Waals surface area (Å²) in [5, 5.41) is 0. The van der Waals surface area contributed by atoms with E-state index in [2.05, 4.69) is 6.92 Å². The second kappa shape index (κ2) is 16.8. The molecule has 0 aromatic rings. The van der Waals surface area contributed by atoms with Gasteiger partial charge >= 0.3 is 11.9 Å². The minimum atomic E-state index is -0.492. The van der Waals surface area contributed by atoms with E-state index in [-0.39, 0.29) is 12.5 Å². The first kappa shape index (κ1) is 22.9. The zero-order valence-corrected chi connectivity index (χ0v) is 16.1. The quantitative estimate of drug-likeness (QED) is 0.209. The predicted octanol–water partition coefficient (Wildman–Crippen LogP) is 5.57. The molecule has 0 fully saturated rings. The second-order valence-corrected chi connectivity index (χ2v) is 6.64. The van der Waals surface area contributed by atoms with Gasteiger partial charge in [-0.1, -0.05) is 78.1 Å². The van der Waals surface area contributed by atoms with Gasteiger partial charge in [0, 0.05) is 0 Å². The highest BCUT2D eigenvalue weighted by atomic mass is 16.6. The molecule has 0 aliphatic heterocycles. The Labute approximate surface area is 148 Å². The van der Waals surface area contributed by atoms with Gasteiger partial charge in [0.05, 0.1) is 12.7 Å². The Morgan fingerprint density at radius 2 is 1.25 bits per heavy atom. The Bertz CT molecular complexity index is 315. The number of rotatable bonds is 16. The monoisotopic (exact) mass is 342 g/mol. The van der Waals surface area contributed by atoms with E-state index < -0.39 is 11.9 Å². The van der Waals surface area contributed by atoms with E-state index in [0.29, 0.717) is 6.61 Å². The van der Waals surface area contributed by atoms with E-state index in [1.807, 2.05) is 13.8 Å². The van der Waals surface area contributed by atoms with Gasteiger partial charge in [-0.05, 0) is 19.8 Å². The fourth-order valence-electron chi connectivity index (χ4n) is 2.47. The number of carbonyl (C=O) groups is 2. The van der Waals surface area contributed by atoms with E-state index >= 15 is 0 Å². The van der Waals surface area contributed by atoms with Crippen molar-refractivity contribution in [1.29, 1.82) is 0 Å². The van der Waals surface area contributed by atoms with Gasteiger partial charge in [-0.2, -0.15) is 0 Å². The Morgan fingerprint density at radius 3 is 1.75 bits per heavy atom. The zero-order chi connectivity index (χ0) is 18.0. The van der Waals surface area contributed by atoms with E-state index in [1.54, 1.807) is 0 Å². The highest BCUT2D eigenvalue weighted by molar-refractivity contribution is 5.91. The first-order valence-electron chi connectivity index (χ1n) is 9.95. The summed E-state index contributed by atoms with van der Waals surface area (Å²) in [6.45, 7) is 6.40. The smallest absolute Gasteiger partial charge is 0.317 e. The minimum Gasteiger partial charge on any atom is -0.465 e. The van der Waals surface area contributed by atoms with Crippen LogP contribution in [0.5, 0.6) is 0 Å². The van der Waals surface area contributed by atoms with Crippen molar-refractivity contribution in [3.8, 4) is 0 Å². The maximum absolute atomic E-state index is 11.5. The number of ether oxygens (including phenoxy) is 2. The van der Waals surface area contributed by atoms with Gasteiger partial charge in [0.1, 0.15) is 6.42 Å². The van der Waals surface area contributed by atoms with Gasteiger partial charge in [0.25, 0.3) is 0 Å². The fraction of sp³-hybridized carbons (Fsp3) is 0.900. The highest BCUT2D eigenvalue weighted by Gasteiger charge is 2.14. The molecule has 0 rings (SSSR count). The van der Waals surface area contributed by atoms with Crippen LogP contribution in [0.15, 0.2) is 0 Å². The van der Waals surface area contributed by atoms with Crippen LogP contribution < -0.4 is 0 Å². The molecule has 1 unspecified atom stereocenters. The van der Waals surface area contributed by atoms with E-state index in [1.165, 1.54) is 57.8 Å². The number of unbranched alkanes of at least 4 members (excludes halogenated alkanes) is 10. The molecule has 0 spiro atoms. The summed E-state index contributed by atoms with van der Waals surface area (Å²) >= 11 is 0. The van der Waals surface area contributed by atoms with Gasteiger partial charge in [0.2, 0.25) is 0 Å². The zero-order valence-electron chi connectivity index (χ0n) is 16.1. The molecule has 0 saturated carbocycles. The Morgan fingerprint density at radius 1 is 0.750 bits per heavy atom. The van der Waals surface area contributed by atoms with Crippen molar-refractivity contribution in [2.75, 3.05) is 6.61 Å². The van der Waals surface area contributed by atoms with Crippen LogP contribution >= 0.6 is 0 Å². The summed E-state index contributed by atoms with van der Waals surface area (Å²) in [4.78, 5) is 22.9. The number of hydrogen-bond donors (Lipinski definition) is 0. The average Bonchev–Trinajstić information content (AvgIpc) is 2.55. The van der Waals surface area contributed by atoms with E-state index in [4.69, 9.17) is 9.47 Å². The molecule has 4 heteroatoms. The summed E-state index contributed by atoms with van der Waals surface area (Å²) < 4.78 is 10.1. The summed E-state index contributed by atoms with van der Waals surface area (Å²) in [6, 6.07) is 0. The van der Waals surface area contributed by atoms with Gasteiger partial charge in [-0.25, -0.2) is 0 Å². The van der Waals surface area contributed by atoms with Gasteiger partial charge in [-0.15, -0.1) is 0 Å². The topological polar surface area (TPSA) is 52.6 Å². The lowest BCUT2D eigenvalue weighted by atomic mass is 10.1. The fourth-order valence-corrected chi connectivity index (χ4v) is 2.47. The second-order valence-electron chi connectivity index (χ2n) is 6.64. The molecule has 4 nitrogen and oxygen atoms in total. The largest absolute Gasteiger partial charge is 0.465 e. The van der Waals surface area contributed by atoms with E-state index in [0.717, 1.165) is 19.3 Å². The van der Waals surface area contributed by atoms with Gasteiger partial charge in [0.15, 0.2) is 0 Å². The Kier molecular flexibility index (Phi) is 16.0. The van der Waals surface area contributed by atoms with Crippen LogP contribution in [-0.2, 0) is 19.1 Å². The summed E-state index contributed by atoms with van der Waals surface area (Å²) in [6.07, 6.45) is 14.2. The molecule has 0 radical (unpaired) electrons. The maximum atomic E-state index is 11.5. The molecule has 0 aliphatic carbocycles. The van der Waals surface area contributed by atoms with Gasteiger partial charge in [-0.3, -0.25) is 9.59 Å². The van der Waals surface area contributed by atoms with Crippen LogP contribution in [0, 0.1) is 0 Å². The summed E-state index contributed by atoms with van der Waals surface area (Å²) in [7, 11) is 0. The number of hydrogen-bond acceptors (Lipinski definition) is 4. The van der Waals surface area contributed by atoms with Crippen molar-refractivity contribution in [1.82, 2.24) is 0 Å². The maximum Gasteiger partial charge on any atom is 0.317 e. The molecule has 142 valence electrons. The Balaban J connectivity index is 3.32. The standard InChI is InChI=1S/C20H38O4/c1-4-6-7-8-9-10-11-12-13-14-15-16-23-19(21)17-20(22)24-18(3)5-2/h18H,4-17H2,1-3H3. The molecule has 0 aromatic heterocycles. The van der Waals surface area contributed by atoms with E-state index in [9.17, 15) is 9.59 Å². The van der Waals surface area contributed by atoms with Crippen LogP contribution in [-0.4, -0.2) is 24.6 Å². The molecule has 0 aliphatic rings. The predicted molar refractivity (Wildman–Crippen MR) is 97.9 cm³/mol. The minimum absolute atomic E-state index is 0.142. The van der Waals surface area contributed by atoms with Crippen LogP contribution in [0.4, 0.5) is 0 Å². The lowest BCUT2D eigenvalue weighted by Gasteiger charge is -2.10. The summed E-state index contributed by atoms with van der Waals surface area (Å²) in [5.74, 6) is -0.969. The van der Waals surface area contributed by atoms with Crippen LogP contribution in [0.3, 0.4) is 0 Å². The van der Waals surface area contributed by atoms with Crippen molar-refractivity contribution in [3.05, 3.63) is 0 Å². The molecule has 0 aromatic carbocycles. The SMILES string of the molecule is CCCCCCCCCCCCCOC(=O)CC(=O)OC(C)CC. The molecule has 0 saturated heterocycles. The van der Waals surface area contributed by atoms with Crippen molar-refractivity contribution in [2.45, 2.75) is 110 Å². The Hall–Kier alpha value is -1.06. The lowest BCUT2D eigenvalue weighted by Crippen LogP contribution is -2.18. The molecule has 0 heterocycles. The average molecular weight is 343 g/mol. The molecule has 1 atom stereocenters. The lowest BCUT2D eigenvalue weighted by molar-refractivity contribution is -0.157. The van der Waals surface area contributed by atoms with Crippen LogP contribution in [0.2, 0.25) is 0 Å². The van der Waals surface area contributed by atoms with Crippen LogP contribution in [0.1, 0.15) is 104 Å². The molecule has 0 bridgehead atoms. The molecular weight excluding hydrogens is 304 g/mol. The van der Waals surface area contributed by atoms with Crippen molar-refractivity contribution < 1.29 is 19.1 Å².